The number of aromatic nitrogens is 2. The van der Waals surface area contributed by atoms with E-state index in [9.17, 15) is 9.50 Å². The molecule has 5 heteroatoms. The summed E-state index contributed by atoms with van der Waals surface area (Å²) in [6.45, 7) is 4.00. The van der Waals surface area contributed by atoms with Crippen molar-refractivity contribution in [3.05, 3.63) is 52.6 Å². The molecule has 1 heterocycles. The Labute approximate surface area is 116 Å². The molecule has 0 saturated heterocycles. The largest absolute Gasteiger partial charge is 0.388 e. The van der Waals surface area contributed by atoms with Crippen LogP contribution in [0.2, 0.25) is 5.02 Å². The Bertz CT molecular complexity index is 568. The molecular formula is C14H16ClFN2O. The van der Waals surface area contributed by atoms with Gasteiger partial charge in [-0.25, -0.2) is 4.39 Å². The lowest BCUT2D eigenvalue weighted by atomic mass is 10.0. The van der Waals surface area contributed by atoms with E-state index >= 15 is 0 Å². The monoisotopic (exact) mass is 282 g/mol. The van der Waals surface area contributed by atoms with Crippen molar-refractivity contribution in [2.75, 3.05) is 0 Å². The number of halogens is 2. The highest BCUT2D eigenvalue weighted by Crippen LogP contribution is 2.22. The molecule has 1 atom stereocenters. The van der Waals surface area contributed by atoms with Gasteiger partial charge in [0.1, 0.15) is 5.82 Å². The fourth-order valence-corrected chi connectivity index (χ4v) is 1.98. The molecule has 1 aromatic carbocycles. The number of aliphatic hydroxyl groups excluding tert-OH is 1. The van der Waals surface area contributed by atoms with Crippen molar-refractivity contribution in [2.24, 2.45) is 0 Å². The van der Waals surface area contributed by atoms with Crippen LogP contribution in [0.4, 0.5) is 4.39 Å². The molecule has 0 amide bonds. The molecule has 0 aliphatic carbocycles. The maximum Gasteiger partial charge on any atom is 0.127 e. The normalized spacial score (nSPS) is 12.9. The van der Waals surface area contributed by atoms with Crippen LogP contribution in [-0.2, 0) is 6.42 Å². The molecule has 0 radical (unpaired) electrons. The average molecular weight is 283 g/mol. The van der Waals surface area contributed by atoms with E-state index < -0.39 is 11.9 Å². The van der Waals surface area contributed by atoms with Crippen molar-refractivity contribution in [1.82, 2.24) is 9.78 Å². The molecule has 0 fully saturated rings. The predicted octanol–water partition coefficient (Wildman–Crippen LogP) is 3.53. The van der Waals surface area contributed by atoms with Crippen LogP contribution in [0.3, 0.4) is 0 Å². The fourth-order valence-electron chi connectivity index (χ4n) is 1.82. The summed E-state index contributed by atoms with van der Waals surface area (Å²) in [6, 6.07) is 4.69. The number of aliphatic hydroxyl groups is 1. The summed E-state index contributed by atoms with van der Waals surface area (Å²) in [7, 11) is 0. The van der Waals surface area contributed by atoms with Gasteiger partial charge in [0.2, 0.25) is 0 Å². The zero-order chi connectivity index (χ0) is 14.0. The van der Waals surface area contributed by atoms with Crippen molar-refractivity contribution < 1.29 is 9.50 Å². The van der Waals surface area contributed by atoms with E-state index in [0.29, 0.717) is 16.1 Å². The Kier molecular flexibility index (Phi) is 4.22. The molecule has 0 bridgehead atoms. The Hall–Kier alpha value is -1.39. The van der Waals surface area contributed by atoms with Crippen molar-refractivity contribution in [2.45, 2.75) is 32.4 Å². The highest BCUT2D eigenvalue weighted by molar-refractivity contribution is 6.30. The number of hydrogen-bond donors (Lipinski definition) is 1. The minimum absolute atomic E-state index is 0.201. The minimum atomic E-state index is -0.775. The van der Waals surface area contributed by atoms with E-state index in [-0.39, 0.29) is 12.5 Å². The summed E-state index contributed by atoms with van der Waals surface area (Å²) in [5.41, 5.74) is 1.12. The Morgan fingerprint density at radius 1 is 1.42 bits per heavy atom. The summed E-state index contributed by atoms with van der Waals surface area (Å²) in [4.78, 5) is 0. The molecule has 19 heavy (non-hydrogen) atoms. The van der Waals surface area contributed by atoms with Crippen LogP contribution >= 0.6 is 11.6 Å². The van der Waals surface area contributed by atoms with Crippen LogP contribution in [0, 0.1) is 5.82 Å². The van der Waals surface area contributed by atoms with Gasteiger partial charge in [-0.15, -0.1) is 0 Å². The van der Waals surface area contributed by atoms with Gasteiger partial charge in [0.25, 0.3) is 0 Å². The van der Waals surface area contributed by atoms with Crippen LogP contribution in [-0.4, -0.2) is 14.9 Å². The predicted molar refractivity (Wildman–Crippen MR) is 72.7 cm³/mol. The van der Waals surface area contributed by atoms with Gasteiger partial charge in [0.15, 0.2) is 0 Å². The van der Waals surface area contributed by atoms with E-state index in [1.165, 1.54) is 6.07 Å². The third-order valence-corrected chi connectivity index (χ3v) is 3.20. The topological polar surface area (TPSA) is 38.0 Å². The lowest BCUT2D eigenvalue weighted by Crippen LogP contribution is -2.03. The molecule has 2 aromatic rings. The molecule has 0 aliphatic rings. The summed E-state index contributed by atoms with van der Waals surface area (Å²) in [5, 5.41) is 14.6. The molecule has 0 aliphatic heterocycles. The average Bonchev–Trinajstić information content (AvgIpc) is 2.82. The lowest BCUT2D eigenvalue weighted by Gasteiger charge is -2.10. The highest BCUT2D eigenvalue weighted by Gasteiger charge is 2.14. The number of benzene rings is 1. The number of nitrogens with zero attached hydrogens (tertiary/aromatic N) is 2. The van der Waals surface area contributed by atoms with Crippen molar-refractivity contribution in [1.29, 1.82) is 0 Å². The molecule has 3 nitrogen and oxygen atoms in total. The van der Waals surface area contributed by atoms with Crippen LogP contribution in [0.15, 0.2) is 30.6 Å². The van der Waals surface area contributed by atoms with Crippen LogP contribution in [0.1, 0.15) is 37.1 Å². The molecular weight excluding hydrogens is 267 g/mol. The second-order valence-electron chi connectivity index (χ2n) is 4.80. The summed E-state index contributed by atoms with van der Waals surface area (Å²) < 4.78 is 15.4. The maximum atomic E-state index is 13.6. The number of rotatable bonds is 4. The molecule has 0 spiro atoms. The first kappa shape index (κ1) is 14.0. The Morgan fingerprint density at radius 3 is 2.74 bits per heavy atom. The Morgan fingerprint density at radius 2 is 2.16 bits per heavy atom. The molecule has 1 aromatic heterocycles. The van der Waals surface area contributed by atoms with E-state index in [0.717, 1.165) is 0 Å². The van der Waals surface area contributed by atoms with Gasteiger partial charge in [-0.2, -0.15) is 5.10 Å². The van der Waals surface area contributed by atoms with Crippen LogP contribution in [0.25, 0.3) is 0 Å². The first-order valence-corrected chi connectivity index (χ1v) is 6.51. The fraction of sp³-hybridized carbons (Fsp3) is 0.357. The molecule has 1 unspecified atom stereocenters. The summed E-state index contributed by atoms with van der Waals surface area (Å²) in [5.74, 6) is -0.400. The third kappa shape index (κ3) is 3.33. The van der Waals surface area contributed by atoms with Gasteiger partial charge in [-0.3, -0.25) is 4.68 Å². The smallest absolute Gasteiger partial charge is 0.127 e. The number of hydrogen-bond acceptors (Lipinski definition) is 2. The van der Waals surface area contributed by atoms with E-state index in [1.54, 1.807) is 29.2 Å². The van der Waals surface area contributed by atoms with Crippen molar-refractivity contribution >= 4 is 11.6 Å². The molecule has 1 N–H and O–H groups in total. The molecule has 102 valence electrons. The first-order chi connectivity index (χ1) is 8.97. The molecule has 2 rings (SSSR count). The van der Waals surface area contributed by atoms with Gasteiger partial charge in [-0.05, 0) is 31.5 Å². The minimum Gasteiger partial charge on any atom is -0.388 e. The van der Waals surface area contributed by atoms with E-state index in [2.05, 4.69) is 5.10 Å². The van der Waals surface area contributed by atoms with Gasteiger partial charge in [0.05, 0.1) is 12.3 Å². The standard InChI is InChI=1S/C14H16ClFN2O/c1-9(2)18-8-11(7-17-18)14(19)5-10-3-4-12(15)6-13(10)16/h3-4,6-9,14,19H,5H2,1-2H3. The van der Waals surface area contributed by atoms with Crippen LogP contribution in [0.5, 0.6) is 0 Å². The van der Waals surface area contributed by atoms with Gasteiger partial charge >= 0.3 is 0 Å². The molecule has 0 saturated carbocycles. The second-order valence-corrected chi connectivity index (χ2v) is 5.24. The van der Waals surface area contributed by atoms with Gasteiger partial charge in [0, 0.05) is 29.2 Å². The Balaban J connectivity index is 2.13. The van der Waals surface area contributed by atoms with Gasteiger partial charge in [-0.1, -0.05) is 17.7 Å². The maximum absolute atomic E-state index is 13.6. The first-order valence-electron chi connectivity index (χ1n) is 6.13. The summed E-state index contributed by atoms with van der Waals surface area (Å²) in [6.07, 6.45) is 2.82. The van der Waals surface area contributed by atoms with E-state index in [1.807, 2.05) is 13.8 Å². The van der Waals surface area contributed by atoms with Crippen molar-refractivity contribution in [3.8, 4) is 0 Å². The van der Waals surface area contributed by atoms with Crippen molar-refractivity contribution in [3.63, 3.8) is 0 Å². The third-order valence-electron chi connectivity index (χ3n) is 2.96. The summed E-state index contributed by atoms with van der Waals surface area (Å²) >= 11 is 5.69. The SMILES string of the molecule is CC(C)n1cc(C(O)Cc2ccc(Cl)cc2F)cn1. The highest BCUT2D eigenvalue weighted by atomic mass is 35.5. The zero-order valence-corrected chi connectivity index (χ0v) is 11.6. The van der Waals surface area contributed by atoms with Crippen LogP contribution < -0.4 is 0 Å². The quantitative estimate of drug-likeness (QED) is 0.931. The second kappa shape index (κ2) is 5.72. The zero-order valence-electron chi connectivity index (χ0n) is 10.8. The van der Waals surface area contributed by atoms with Gasteiger partial charge < -0.3 is 5.11 Å². The lowest BCUT2D eigenvalue weighted by molar-refractivity contribution is 0.177. The van der Waals surface area contributed by atoms with E-state index in [4.69, 9.17) is 11.6 Å².